The molecule has 0 radical (unpaired) electrons. The Kier molecular flexibility index (Phi) is 31.9. The lowest BCUT2D eigenvalue weighted by atomic mass is 9.94. The number of fused-ring (bicyclic) bond motifs is 6. The number of nitrogens with zero attached hydrogens (tertiary/aromatic N) is 11. The van der Waals surface area contributed by atoms with E-state index in [1.165, 1.54) is 92.5 Å². The highest BCUT2D eigenvalue weighted by atomic mass is 14.9. The first-order valence-corrected chi connectivity index (χ1v) is 52.0. The number of rotatable bonds is 18. The second kappa shape index (κ2) is 47.5. The van der Waals surface area contributed by atoms with Crippen LogP contribution in [0, 0.1) is 0 Å². The molecule has 0 amide bonds. The molecule has 732 valence electrons. The Labute approximate surface area is 881 Å². The number of hydrogen-bond donors (Lipinski definition) is 0. The van der Waals surface area contributed by atoms with Gasteiger partial charge in [-0.05, 0) is 196 Å². The van der Waals surface area contributed by atoms with Gasteiger partial charge in [-0.15, -0.1) is 0 Å². The smallest absolute Gasteiger partial charge is 0.160 e. The van der Waals surface area contributed by atoms with Gasteiger partial charge < -0.3 is 0 Å². The maximum atomic E-state index is 5.16. The summed E-state index contributed by atoms with van der Waals surface area (Å²) in [6, 6.07) is 164. The van der Waals surface area contributed by atoms with Gasteiger partial charge in [0, 0.05) is 90.2 Å². The van der Waals surface area contributed by atoms with E-state index in [0.29, 0.717) is 35.5 Å². The predicted octanol–water partition coefficient (Wildman–Crippen LogP) is 37.1. The van der Waals surface area contributed by atoms with E-state index in [0.717, 1.165) is 142 Å². The molecule has 17 aromatic carbocycles. The van der Waals surface area contributed by atoms with Gasteiger partial charge in [-0.1, -0.05) is 471 Å². The second-order valence-corrected chi connectivity index (χ2v) is 39.6. The zero-order valence-electron chi connectivity index (χ0n) is 87.0. The van der Waals surface area contributed by atoms with Gasteiger partial charge in [0.25, 0.3) is 0 Å². The Morgan fingerprint density at radius 2 is 0.387 bits per heavy atom. The summed E-state index contributed by atoms with van der Waals surface area (Å²) in [6.07, 6.45) is 1.79. The lowest BCUT2D eigenvalue weighted by Gasteiger charge is -2.14. The molecule has 11 nitrogen and oxygen atoms in total. The SMILES string of the molecule is CC(C)c1cc(-c2ccc3ccccc3c2)nc(-c2ccc3ccccc3c2)n1.CC(C)c1cc(-c2ccc3ccccc3c2)nc(-c2ccccc2)n1.CC(C)c1cc(-c2cccc3ccccc23)nc(-c2cccc3ccccc23)c1.CC(C)c1cc(-c2ccccc2)nc(-c2ccc3ccccc3c2)c1.CC(C)c1cc(-c2ccccc2)nc(-c2ccccc2)n1.CC(C)c1cc(-c2ccccn2)nc(-c2ccccc2)n1. The van der Waals surface area contributed by atoms with Gasteiger partial charge in [0.2, 0.25) is 0 Å². The van der Waals surface area contributed by atoms with E-state index < -0.39 is 0 Å². The summed E-state index contributed by atoms with van der Waals surface area (Å²) in [5.74, 6) is 5.41. The molecule has 7 aromatic heterocycles. The molecule has 24 aromatic rings. The molecule has 0 aliphatic heterocycles. The minimum Gasteiger partial charge on any atom is -0.255 e. The standard InChI is InChI=1S/C28H23N.C27H22N2.C24H21N.C23H20N2.C19H18N2.C18H17N3/c1-19(2)22-17-27(25-15-7-11-20-9-3-5-13-23(20)25)29-28(18-22)26-16-8-12-21-10-4-6-14-24(21)26;1-18(2)25-17-26(23-13-11-19-7-3-5-9-21(19)15-23)29-27(28-25)24-14-12-20-8-4-6-10-22(20)16-24;1-17(2)22-15-23(19-9-4-3-5-10-19)25-24(16-22)21-13-12-18-8-6-7-11-20(18)14-21;1-16(2)21-15-22(25-23(24-21)18-9-4-3-5-10-18)20-13-12-17-8-6-7-11-19(17)14-20;1-14(2)17-13-18(15-9-5-3-6-10-15)21-19(20-17)16-11-7-4-8-12-16;1-13(2)16-12-17(15-10-6-7-11-19-15)21-18(20-16)14-8-4-3-5-9-14/h3-19H,1-2H3;3-18H,1-2H3;3-17H,1-2H3;3-16H,1-2H3;3-14H,1-2H3;3-13H,1-2H3. The zero-order valence-corrected chi connectivity index (χ0v) is 87.0. The Morgan fingerprint density at radius 1 is 0.140 bits per heavy atom. The Morgan fingerprint density at radius 3 is 0.720 bits per heavy atom. The molecular formula is C139H121N11. The lowest BCUT2D eigenvalue weighted by Crippen LogP contribution is -2.00. The maximum absolute atomic E-state index is 5.16. The van der Waals surface area contributed by atoms with Crippen molar-refractivity contribution in [2.24, 2.45) is 0 Å². The van der Waals surface area contributed by atoms with E-state index in [2.05, 4.69) is 444 Å². The molecule has 0 N–H and O–H groups in total. The first kappa shape index (κ1) is 101. The fourth-order valence-electron chi connectivity index (χ4n) is 18.2. The summed E-state index contributed by atoms with van der Waals surface area (Å²) in [7, 11) is 0. The van der Waals surface area contributed by atoms with E-state index in [4.69, 9.17) is 39.9 Å². The molecule has 7 heterocycles. The van der Waals surface area contributed by atoms with E-state index in [9.17, 15) is 0 Å². The lowest BCUT2D eigenvalue weighted by molar-refractivity contribution is 0.817. The first-order valence-electron chi connectivity index (χ1n) is 52.0. The molecule has 0 saturated heterocycles. The second-order valence-electron chi connectivity index (χ2n) is 39.6. The maximum Gasteiger partial charge on any atom is 0.160 e. The van der Waals surface area contributed by atoms with Crippen LogP contribution in [0.3, 0.4) is 0 Å². The minimum absolute atomic E-state index is 0.330. The largest absolute Gasteiger partial charge is 0.255 e. The zero-order chi connectivity index (χ0) is 103. The normalized spacial score (nSPS) is 11.2. The average Bonchev–Trinajstić information content (AvgIpc) is 0.768. The van der Waals surface area contributed by atoms with Gasteiger partial charge in [-0.2, -0.15) is 0 Å². The van der Waals surface area contributed by atoms with Gasteiger partial charge in [-0.25, -0.2) is 49.8 Å². The monoisotopic (exact) mass is 1940 g/mol. The first-order chi connectivity index (χ1) is 73.3. The van der Waals surface area contributed by atoms with E-state index >= 15 is 0 Å². The summed E-state index contributed by atoms with van der Waals surface area (Å²) in [4.78, 5) is 52.8. The molecule has 24 rings (SSSR count). The highest BCUT2D eigenvalue weighted by Gasteiger charge is 2.21. The van der Waals surface area contributed by atoms with Crippen molar-refractivity contribution in [2.75, 3.05) is 0 Å². The van der Waals surface area contributed by atoms with E-state index in [1.54, 1.807) is 6.20 Å². The van der Waals surface area contributed by atoms with Crippen LogP contribution in [0.25, 0.3) is 200 Å². The van der Waals surface area contributed by atoms with Crippen molar-refractivity contribution in [1.29, 1.82) is 0 Å². The van der Waals surface area contributed by atoms with Crippen LogP contribution in [-0.2, 0) is 0 Å². The highest BCUT2D eigenvalue weighted by molar-refractivity contribution is 5.99. The summed E-state index contributed by atoms with van der Waals surface area (Å²) < 4.78 is 0. The summed E-state index contributed by atoms with van der Waals surface area (Å²) in [6.45, 7) is 26.2. The van der Waals surface area contributed by atoms with Gasteiger partial charge in [0.1, 0.15) is 0 Å². The average molecular weight is 1950 g/mol. The molecule has 0 fully saturated rings. The van der Waals surface area contributed by atoms with E-state index in [1.807, 2.05) is 127 Å². The van der Waals surface area contributed by atoms with Crippen molar-refractivity contribution in [2.45, 2.75) is 119 Å². The van der Waals surface area contributed by atoms with Crippen LogP contribution in [0.15, 0.2) is 479 Å². The van der Waals surface area contributed by atoms with Gasteiger partial charge >= 0.3 is 0 Å². The van der Waals surface area contributed by atoms with Gasteiger partial charge in [0.05, 0.1) is 51.2 Å². The molecule has 150 heavy (non-hydrogen) atoms. The van der Waals surface area contributed by atoms with Gasteiger partial charge in [0.15, 0.2) is 23.3 Å². The van der Waals surface area contributed by atoms with Crippen molar-refractivity contribution in [3.8, 4) is 136 Å². The van der Waals surface area contributed by atoms with Crippen LogP contribution in [0.1, 0.15) is 152 Å². The topological polar surface area (TPSA) is 142 Å². The predicted molar refractivity (Wildman–Crippen MR) is 629 cm³/mol. The van der Waals surface area contributed by atoms with Crippen LogP contribution >= 0.6 is 0 Å². The van der Waals surface area contributed by atoms with Gasteiger partial charge in [-0.3, -0.25) is 4.98 Å². The molecule has 0 unspecified atom stereocenters. The third kappa shape index (κ3) is 24.7. The summed E-state index contributed by atoms with van der Waals surface area (Å²) >= 11 is 0. The third-order valence-corrected chi connectivity index (χ3v) is 26.8. The molecule has 0 aliphatic carbocycles. The molecule has 0 aliphatic rings. The molecule has 0 saturated carbocycles. The summed E-state index contributed by atoms with van der Waals surface area (Å²) in [5.41, 5.74) is 27.9. The van der Waals surface area contributed by atoms with Crippen molar-refractivity contribution in [3.63, 3.8) is 0 Å². The van der Waals surface area contributed by atoms with Crippen LogP contribution in [0.4, 0.5) is 0 Å². The van der Waals surface area contributed by atoms with Crippen molar-refractivity contribution >= 4 is 64.6 Å². The van der Waals surface area contributed by atoms with Crippen LogP contribution < -0.4 is 0 Å². The molecule has 0 atom stereocenters. The van der Waals surface area contributed by atoms with Crippen molar-refractivity contribution in [1.82, 2.24) is 54.8 Å². The summed E-state index contributed by atoms with van der Waals surface area (Å²) in [5, 5.41) is 14.8. The molecular weight excluding hydrogens is 1820 g/mol. The Bertz CT molecular complexity index is 8140. The number of aromatic nitrogens is 11. The van der Waals surface area contributed by atoms with Crippen LogP contribution in [-0.4, -0.2) is 54.8 Å². The fraction of sp³-hybridized carbons (Fsp3) is 0.129. The molecule has 11 heteroatoms. The van der Waals surface area contributed by atoms with Crippen molar-refractivity contribution < 1.29 is 0 Å². The fourth-order valence-corrected chi connectivity index (χ4v) is 18.2. The van der Waals surface area contributed by atoms with Crippen LogP contribution in [0.5, 0.6) is 0 Å². The number of pyridine rings is 3. The Hall–Kier alpha value is -17.9. The number of benzene rings is 17. The minimum atomic E-state index is 0.330. The Balaban J connectivity index is 0.000000113. The van der Waals surface area contributed by atoms with E-state index in [-0.39, 0.29) is 0 Å². The number of hydrogen-bond acceptors (Lipinski definition) is 11. The molecule has 0 bridgehead atoms. The highest BCUT2D eigenvalue weighted by Crippen LogP contribution is 2.40. The van der Waals surface area contributed by atoms with Crippen molar-refractivity contribution in [3.05, 3.63) is 513 Å². The quantitative estimate of drug-likeness (QED) is 0.0810. The van der Waals surface area contributed by atoms with Crippen LogP contribution in [0.2, 0.25) is 0 Å². The third-order valence-electron chi connectivity index (χ3n) is 26.8. The molecule has 0 spiro atoms.